The Kier molecular flexibility index (Phi) is 6.28. The molecular formula is C5H9I2NO. The molecule has 0 bridgehead atoms. The van der Waals surface area contributed by atoms with E-state index in [9.17, 15) is 0 Å². The van der Waals surface area contributed by atoms with Crippen molar-refractivity contribution >= 4 is 43.1 Å². The zero-order valence-electron chi connectivity index (χ0n) is 5.40. The summed E-state index contributed by atoms with van der Waals surface area (Å²) >= 11 is 4.24. The quantitative estimate of drug-likeness (QED) is 0.614. The molecule has 1 unspecified atom stereocenters. The van der Waals surface area contributed by atoms with E-state index in [0.717, 1.165) is 12.5 Å². The van der Waals surface area contributed by atoms with E-state index in [1.54, 1.807) is 0 Å². The third-order valence-corrected chi connectivity index (χ3v) is 0.936. The number of rotatable bonds is 0. The lowest BCUT2D eigenvalue weighted by atomic mass is 10.4. The molecule has 1 rings (SSSR count). The third-order valence-electron chi connectivity index (χ3n) is 0.936. The molecule has 0 aromatic heterocycles. The van der Waals surface area contributed by atoms with Gasteiger partial charge < -0.3 is 4.74 Å². The van der Waals surface area contributed by atoms with Crippen LogP contribution in [0.15, 0.2) is 4.99 Å². The molecule has 0 aromatic carbocycles. The standard InChI is InChI=1S/C5H9NO.I2/c1-4-3-7-5(2)6-4;1-2/h4H,3H2,1-2H3;. The number of nitrogens with zero attached hydrogens (tertiary/aromatic N) is 1. The normalized spacial score (nSPS) is 23.6. The van der Waals surface area contributed by atoms with Crippen molar-refractivity contribution in [3.05, 3.63) is 0 Å². The molecule has 4 heteroatoms. The van der Waals surface area contributed by atoms with Crippen molar-refractivity contribution in [2.45, 2.75) is 19.9 Å². The highest BCUT2D eigenvalue weighted by Gasteiger charge is 2.07. The van der Waals surface area contributed by atoms with E-state index in [4.69, 9.17) is 4.74 Å². The van der Waals surface area contributed by atoms with Gasteiger partial charge in [0.25, 0.3) is 0 Å². The van der Waals surface area contributed by atoms with Gasteiger partial charge in [0.05, 0.1) is 6.04 Å². The second-order valence-corrected chi connectivity index (χ2v) is 1.81. The maximum atomic E-state index is 5.02. The molecule has 0 aromatic rings. The number of ether oxygens (including phenoxy) is 1. The zero-order valence-corrected chi connectivity index (χ0v) is 9.71. The highest BCUT2D eigenvalue weighted by molar-refractivity contribution is 15.0. The fourth-order valence-electron chi connectivity index (χ4n) is 0.626. The first-order valence-corrected chi connectivity index (χ1v) is 8.89. The van der Waals surface area contributed by atoms with Crippen LogP contribution in [0.5, 0.6) is 0 Å². The molecule has 0 N–H and O–H groups in total. The first kappa shape index (κ1) is 9.93. The Morgan fingerprint density at radius 2 is 2.22 bits per heavy atom. The van der Waals surface area contributed by atoms with Crippen molar-refractivity contribution in [3.8, 4) is 0 Å². The Labute approximate surface area is 78.8 Å². The molecule has 1 aliphatic rings. The van der Waals surface area contributed by atoms with Gasteiger partial charge in [0.2, 0.25) is 0 Å². The maximum absolute atomic E-state index is 5.02. The molecule has 1 heterocycles. The van der Waals surface area contributed by atoms with Crippen molar-refractivity contribution in [1.29, 1.82) is 0 Å². The summed E-state index contributed by atoms with van der Waals surface area (Å²) in [7, 11) is 0. The summed E-state index contributed by atoms with van der Waals surface area (Å²) in [6.07, 6.45) is 0. The van der Waals surface area contributed by atoms with Gasteiger partial charge in [-0.2, -0.15) is 0 Å². The van der Waals surface area contributed by atoms with Crippen LogP contribution in [0.25, 0.3) is 0 Å². The summed E-state index contributed by atoms with van der Waals surface area (Å²) in [4.78, 5) is 4.08. The summed E-state index contributed by atoms with van der Waals surface area (Å²) in [5.41, 5.74) is 0. The van der Waals surface area contributed by atoms with Gasteiger partial charge in [0.15, 0.2) is 5.90 Å². The summed E-state index contributed by atoms with van der Waals surface area (Å²) in [5, 5.41) is 0. The van der Waals surface area contributed by atoms with Crippen LogP contribution in [-0.2, 0) is 4.74 Å². The van der Waals surface area contributed by atoms with E-state index < -0.39 is 0 Å². The van der Waals surface area contributed by atoms with Crippen molar-refractivity contribution in [3.63, 3.8) is 0 Å². The van der Waals surface area contributed by atoms with Crippen LogP contribution in [0.2, 0.25) is 0 Å². The predicted octanol–water partition coefficient (Wildman–Crippen LogP) is 2.59. The van der Waals surface area contributed by atoms with Gasteiger partial charge in [-0.15, -0.1) is 0 Å². The molecule has 1 aliphatic heterocycles. The van der Waals surface area contributed by atoms with Crippen LogP contribution in [-0.4, -0.2) is 18.5 Å². The molecular weight excluding hydrogens is 344 g/mol. The van der Waals surface area contributed by atoms with Gasteiger partial charge in [-0.1, -0.05) is 0 Å². The second-order valence-electron chi connectivity index (χ2n) is 1.81. The zero-order chi connectivity index (χ0) is 7.28. The van der Waals surface area contributed by atoms with Crippen LogP contribution in [0.1, 0.15) is 13.8 Å². The number of halogens is 2. The Morgan fingerprint density at radius 1 is 1.67 bits per heavy atom. The van der Waals surface area contributed by atoms with Crippen LogP contribution >= 0.6 is 37.2 Å². The summed E-state index contributed by atoms with van der Waals surface area (Å²) in [5.74, 6) is 0.826. The average molecular weight is 353 g/mol. The van der Waals surface area contributed by atoms with Gasteiger partial charge in [0.1, 0.15) is 6.61 Å². The van der Waals surface area contributed by atoms with Gasteiger partial charge in [-0.25, -0.2) is 4.99 Å². The van der Waals surface area contributed by atoms with E-state index in [-0.39, 0.29) is 0 Å². The number of aliphatic imine (C=N–C) groups is 1. The molecule has 0 saturated heterocycles. The van der Waals surface area contributed by atoms with Gasteiger partial charge >= 0.3 is 0 Å². The largest absolute Gasteiger partial charge is 0.479 e. The second kappa shape index (κ2) is 5.70. The highest BCUT2D eigenvalue weighted by Crippen LogP contribution is 2.00. The number of hydrogen-bond donors (Lipinski definition) is 0. The number of hydrogen-bond acceptors (Lipinski definition) is 2. The predicted molar refractivity (Wildman–Crippen MR) is 56.6 cm³/mol. The smallest absolute Gasteiger partial charge is 0.180 e. The molecule has 0 amide bonds. The molecule has 0 saturated carbocycles. The lowest BCUT2D eigenvalue weighted by molar-refractivity contribution is 0.321. The Balaban J connectivity index is 0.000000291. The summed E-state index contributed by atoms with van der Waals surface area (Å²) in [6.45, 7) is 4.69. The molecule has 0 spiro atoms. The van der Waals surface area contributed by atoms with Crippen molar-refractivity contribution < 1.29 is 4.74 Å². The van der Waals surface area contributed by atoms with E-state index >= 15 is 0 Å². The molecule has 0 radical (unpaired) electrons. The lowest BCUT2D eigenvalue weighted by Crippen LogP contribution is -1.97. The minimum atomic E-state index is 0.389. The van der Waals surface area contributed by atoms with Crippen molar-refractivity contribution in [1.82, 2.24) is 0 Å². The Bertz CT molecular complexity index is 105. The van der Waals surface area contributed by atoms with Crippen molar-refractivity contribution in [2.24, 2.45) is 4.99 Å². The molecule has 0 aliphatic carbocycles. The SMILES string of the molecule is CC1=NC(C)CO1.II. The maximum Gasteiger partial charge on any atom is 0.180 e. The summed E-state index contributed by atoms with van der Waals surface area (Å²) in [6, 6.07) is 0.389. The first-order valence-electron chi connectivity index (χ1n) is 2.60. The van der Waals surface area contributed by atoms with Crippen molar-refractivity contribution in [2.75, 3.05) is 6.61 Å². The molecule has 9 heavy (non-hydrogen) atoms. The summed E-state index contributed by atoms with van der Waals surface area (Å²) < 4.78 is 5.02. The minimum Gasteiger partial charge on any atom is -0.479 e. The molecule has 1 atom stereocenters. The van der Waals surface area contributed by atoms with E-state index in [2.05, 4.69) is 42.2 Å². The molecule has 54 valence electrons. The fraction of sp³-hybridized carbons (Fsp3) is 0.800. The van der Waals surface area contributed by atoms with Crippen LogP contribution < -0.4 is 0 Å². The molecule has 0 fully saturated rings. The third kappa shape index (κ3) is 4.35. The van der Waals surface area contributed by atoms with Crippen LogP contribution in [0, 0.1) is 0 Å². The van der Waals surface area contributed by atoms with Gasteiger partial charge in [-0.3, -0.25) is 0 Å². The first-order chi connectivity index (χ1) is 4.29. The van der Waals surface area contributed by atoms with Crippen LogP contribution in [0.4, 0.5) is 0 Å². The van der Waals surface area contributed by atoms with E-state index in [1.165, 1.54) is 0 Å². The van der Waals surface area contributed by atoms with Crippen LogP contribution in [0.3, 0.4) is 0 Å². The van der Waals surface area contributed by atoms with E-state index in [0.29, 0.717) is 6.04 Å². The highest BCUT2D eigenvalue weighted by atomic mass is 128. The minimum absolute atomic E-state index is 0.389. The fourth-order valence-corrected chi connectivity index (χ4v) is 0.626. The Morgan fingerprint density at radius 3 is 2.33 bits per heavy atom. The molecule has 2 nitrogen and oxygen atoms in total. The Hall–Kier alpha value is 0.930. The lowest BCUT2D eigenvalue weighted by Gasteiger charge is -1.90. The van der Waals surface area contributed by atoms with E-state index in [1.807, 2.05) is 13.8 Å². The monoisotopic (exact) mass is 353 g/mol. The average Bonchev–Trinajstić information content (AvgIpc) is 2.20. The topological polar surface area (TPSA) is 21.6 Å². The van der Waals surface area contributed by atoms with Gasteiger partial charge in [0, 0.05) is 44.2 Å². The van der Waals surface area contributed by atoms with Gasteiger partial charge in [-0.05, 0) is 6.92 Å².